The van der Waals surface area contributed by atoms with Gasteiger partial charge in [0.05, 0.1) is 18.8 Å². The fraction of sp³-hybridized carbons (Fsp3) is 0.308. The molecule has 2 atom stereocenters. The molecule has 220 valence electrons. The number of hydrogen-bond acceptors (Lipinski definition) is 8. The number of nitrogens with two attached hydrogens (primary N) is 2. The number of carbonyl (C=O) groups is 4. The average Bonchev–Trinajstić information content (AvgIpc) is 3.25. The van der Waals surface area contributed by atoms with Crippen LogP contribution in [0.3, 0.4) is 0 Å². The lowest BCUT2D eigenvalue weighted by atomic mass is 9.54. The Labute approximate surface area is 229 Å². The highest BCUT2D eigenvalue weighted by molar-refractivity contribution is 6.10. The average molecular weight is 585 g/mol. The first kappa shape index (κ1) is 31.2. The van der Waals surface area contributed by atoms with E-state index in [1.807, 2.05) is 0 Å². The van der Waals surface area contributed by atoms with Gasteiger partial charge in [0.2, 0.25) is 5.91 Å². The van der Waals surface area contributed by atoms with Crippen molar-refractivity contribution in [3.63, 3.8) is 0 Å². The molecule has 0 radical (unpaired) electrons. The van der Waals surface area contributed by atoms with Gasteiger partial charge in [-0.2, -0.15) is 13.2 Å². The Morgan fingerprint density at radius 1 is 0.902 bits per heavy atom. The maximum Gasteiger partial charge on any atom is 0.490 e. The van der Waals surface area contributed by atoms with Crippen molar-refractivity contribution < 1.29 is 55.7 Å². The molecule has 0 aromatic heterocycles. The van der Waals surface area contributed by atoms with Crippen molar-refractivity contribution >= 4 is 29.5 Å². The molecule has 2 unspecified atom stereocenters. The minimum Gasteiger partial charge on any atom is -0.475 e. The van der Waals surface area contributed by atoms with Crippen molar-refractivity contribution in [2.24, 2.45) is 11.5 Å². The number of carboxylic acid groups (broad SMARTS) is 1. The van der Waals surface area contributed by atoms with E-state index in [1.54, 1.807) is 36.5 Å². The molecule has 0 fully saturated rings. The second-order valence-corrected chi connectivity index (χ2v) is 8.91. The number of nitrogens with one attached hydrogen (secondary N) is 1. The lowest BCUT2D eigenvalue weighted by molar-refractivity contribution is -0.193. The van der Waals surface area contributed by atoms with Crippen LogP contribution in [0.4, 0.5) is 27.6 Å². The third-order valence-electron chi connectivity index (χ3n) is 6.58. The number of carboxylic acids is 1. The molecule has 2 aliphatic carbocycles. The van der Waals surface area contributed by atoms with Crippen molar-refractivity contribution in [3.8, 4) is 0 Å². The Morgan fingerprint density at radius 3 is 1.73 bits per heavy atom. The molecular weight excluding hydrogens is 561 g/mol. The fourth-order valence-electron chi connectivity index (χ4n) is 5.07. The van der Waals surface area contributed by atoms with E-state index in [2.05, 4.69) is 5.32 Å². The van der Waals surface area contributed by atoms with Gasteiger partial charge in [-0.1, -0.05) is 42.5 Å². The summed E-state index contributed by atoms with van der Waals surface area (Å²) in [6.45, 7) is -1.01. The van der Waals surface area contributed by atoms with Gasteiger partial charge in [0.1, 0.15) is 0 Å². The first-order valence-corrected chi connectivity index (χ1v) is 11.8. The van der Waals surface area contributed by atoms with E-state index in [-0.39, 0.29) is 18.4 Å². The van der Waals surface area contributed by atoms with Gasteiger partial charge >= 0.3 is 24.1 Å². The zero-order chi connectivity index (χ0) is 30.6. The first-order valence-electron chi connectivity index (χ1n) is 11.8. The lowest BCUT2D eigenvalue weighted by Gasteiger charge is -2.53. The second kappa shape index (κ2) is 11.6. The Kier molecular flexibility index (Phi) is 8.83. The van der Waals surface area contributed by atoms with E-state index in [0.717, 1.165) is 6.07 Å². The van der Waals surface area contributed by atoms with Crippen LogP contribution in [0.25, 0.3) is 0 Å². The van der Waals surface area contributed by atoms with Crippen LogP contribution in [-0.2, 0) is 34.1 Å². The maximum absolute atomic E-state index is 15.0. The molecule has 0 saturated heterocycles. The van der Waals surface area contributed by atoms with Crippen LogP contribution >= 0.6 is 0 Å². The number of hydrogen-bond donors (Lipinski definition) is 4. The van der Waals surface area contributed by atoms with E-state index >= 15 is 0 Å². The normalized spacial score (nSPS) is 26.0. The van der Waals surface area contributed by atoms with Gasteiger partial charge in [-0.05, 0) is 18.2 Å². The van der Waals surface area contributed by atoms with Crippen LogP contribution in [0.15, 0.2) is 60.7 Å². The molecule has 0 spiro atoms. The van der Waals surface area contributed by atoms with Gasteiger partial charge in [0.25, 0.3) is 0 Å². The van der Waals surface area contributed by atoms with Crippen LogP contribution in [0, 0.1) is 11.6 Å². The van der Waals surface area contributed by atoms with E-state index < -0.39 is 77.0 Å². The molecule has 0 saturated carbocycles. The molecule has 15 heteroatoms. The summed E-state index contributed by atoms with van der Waals surface area (Å²) < 4.78 is 72.6. The van der Waals surface area contributed by atoms with Crippen molar-refractivity contribution in [1.29, 1.82) is 0 Å². The Bertz CT molecular complexity index is 1320. The molecule has 41 heavy (non-hydrogen) atoms. The van der Waals surface area contributed by atoms with Crippen LogP contribution in [0.2, 0.25) is 0 Å². The van der Waals surface area contributed by atoms with E-state index in [4.69, 9.17) is 30.8 Å². The van der Waals surface area contributed by atoms with Crippen molar-refractivity contribution in [3.05, 3.63) is 77.9 Å². The van der Waals surface area contributed by atoms with Crippen molar-refractivity contribution in [1.82, 2.24) is 0 Å². The third kappa shape index (κ3) is 5.37. The Morgan fingerprint density at radius 2 is 1.37 bits per heavy atom. The molecule has 6 N–H and O–H groups in total. The van der Waals surface area contributed by atoms with Gasteiger partial charge in [0, 0.05) is 18.4 Å². The summed E-state index contributed by atoms with van der Waals surface area (Å²) in [7, 11) is 0. The van der Waals surface area contributed by atoms with Crippen molar-refractivity contribution in [2.45, 2.75) is 35.6 Å². The minimum atomic E-state index is -5.08. The summed E-state index contributed by atoms with van der Waals surface area (Å²) >= 11 is 0. The number of benzene rings is 1. The fourth-order valence-corrected chi connectivity index (χ4v) is 5.07. The minimum absolute atomic E-state index is 0.0362. The molecule has 10 nitrogen and oxygen atoms in total. The van der Waals surface area contributed by atoms with Gasteiger partial charge in [0.15, 0.2) is 28.3 Å². The molecule has 1 aromatic rings. The highest BCUT2D eigenvalue weighted by Gasteiger charge is 2.73. The summed E-state index contributed by atoms with van der Waals surface area (Å²) in [5, 5.41) is 9.53. The Hall–Kier alpha value is -4.37. The number of amides is 1. The predicted octanol–water partition coefficient (Wildman–Crippen LogP) is 2.30. The number of halogens is 5. The standard InChI is InChI=1S/C24H23F2N3O5.C2HF3O2/c25-16-8-7-15-20(19(16)26)29-21(32)24(15,22(33-17(30)13-27)9-3-1-4-10-22)23(34-18(31)14-28)11-5-2-6-12-23;3-2(4,5)1(6)7/h1-9,11H,10,12-14,27-28H2,(H,29,32);(H,6,7). The highest BCUT2D eigenvalue weighted by Crippen LogP contribution is 2.59. The molecule has 1 amide bonds. The molecule has 1 aliphatic heterocycles. The number of ether oxygens (including phenoxy) is 2. The summed E-state index contributed by atoms with van der Waals surface area (Å²) in [6.07, 6.45) is 7.55. The van der Waals surface area contributed by atoms with Gasteiger partial charge < -0.3 is 31.4 Å². The van der Waals surface area contributed by atoms with E-state index in [9.17, 15) is 36.3 Å². The van der Waals surface area contributed by atoms with Gasteiger partial charge in [-0.3, -0.25) is 14.4 Å². The molecule has 1 heterocycles. The molecule has 4 rings (SSSR count). The molecule has 1 aromatic carbocycles. The third-order valence-corrected chi connectivity index (χ3v) is 6.58. The number of alkyl halides is 3. The topological polar surface area (TPSA) is 171 Å². The number of rotatable bonds is 6. The quantitative estimate of drug-likeness (QED) is 0.289. The van der Waals surface area contributed by atoms with Crippen LogP contribution in [0.1, 0.15) is 18.4 Å². The lowest BCUT2D eigenvalue weighted by Crippen LogP contribution is -2.70. The van der Waals surface area contributed by atoms with Crippen molar-refractivity contribution in [2.75, 3.05) is 18.4 Å². The SMILES string of the molecule is NCC(=O)OC1(C2(C3(OC(=O)CN)C=CC=CC3)C(=O)Nc3c2ccc(F)c3F)C=CC=CC1.O=C(O)C(F)(F)F. The Balaban J connectivity index is 0.000000587. The number of fused-ring (bicyclic) bond motifs is 1. The number of carbonyl (C=O) groups excluding carboxylic acids is 3. The monoisotopic (exact) mass is 585 g/mol. The zero-order valence-electron chi connectivity index (χ0n) is 21.0. The molecule has 0 bridgehead atoms. The summed E-state index contributed by atoms with van der Waals surface area (Å²) in [5.74, 6) is -7.78. The predicted molar refractivity (Wildman–Crippen MR) is 132 cm³/mol. The van der Waals surface area contributed by atoms with Gasteiger partial charge in [-0.25, -0.2) is 13.6 Å². The number of allylic oxidation sites excluding steroid dienone is 4. The van der Waals surface area contributed by atoms with Crippen LogP contribution in [-0.4, -0.2) is 59.4 Å². The number of anilines is 1. The summed E-state index contributed by atoms with van der Waals surface area (Å²) in [5.41, 5.74) is 4.88. The second-order valence-electron chi connectivity index (χ2n) is 8.91. The maximum atomic E-state index is 15.0. The van der Waals surface area contributed by atoms with Gasteiger partial charge in [-0.15, -0.1) is 0 Å². The summed E-state index contributed by atoms with van der Waals surface area (Å²) in [4.78, 5) is 48.0. The first-order chi connectivity index (χ1) is 19.2. The number of esters is 2. The zero-order valence-corrected chi connectivity index (χ0v) is 21.0. The molecule has 3 aliphatic rings. The molecular formula is C26H24F5N3O7. The van der Waals surface area contributed by atoms with E-state index in [1.165, 1.54) is 18.2 Å². The number of aliphatic carboxylic acids is 1. The van der Waals surface area contributed by atoms with Crippen LogP contribution < -0.4 is 16.8 Å². The smallest absolute Gasteiger partial charge is 0.475 e. The highest BCUT2D eigenvalue weighted by atomic mass is 19.4. The summed E-state index contributed by atoms with van der Waals surface area (Å²) in [6, 6.07) is 2.09. The van der Waals surface area contributed by atoms with E-state index in [0.29, 0.717) is 0 Å². The van der Waals surface area contributed by atoms with Crippen LogP contribution in [0.5, 0.6) is 0 Å². The largest absolute Gasteiger partial charge is 0.490 e.